The van der Waals surface area contributed by atoms with E-state index < -0.39 is 0 Å². The summed E-state index contributed by atoms with van der Waals surface area (Å²) < 4.78 is 11.1. The van der Waals surface area contributed by atoms with Crippen LogP contribution in [0, 0.1) is 0 Å². The normalized spacial score (nSPS) is 24.1. The molecule has 1 aliphatic rings. The van der Waals surface area contributed by atoms with Gasteiger partial charge in [-0.25, -0.2) is 0 Å². The van der Waals surface area contributed by atoms with Gasteiger partial charge in [0, 0.05) is 30.8 Å². The first-order valence-corrected chi connectivity index (χ1v) is 7.27. The highest BCUT2D eigenvalue weighted by molar-refractivity contribution is 5.38. The van der Waals surface area contributed by atoms with Crippen LogP contribution in [0.5, 0.6) is 5.75 Å². The summed E-state index contributed by atoms with van der Waals surface area (Å²) in [5, 5.41) is 0. The van der Waals surface area contributed by atoms with E-state index in [1.165, 1.54) is 5.56 Å². The van der Waals surface area contributed by atoms with Crippen LogP contribution < -0.4 is 10.5 Å². The molecule has 1 heterocycles. The van der Waals surface area contributed by atoms with E-state index in [0.717, 1.165) is 30.9 Å². The SMILES string of the molecule is COc1ccc(C(C)N)cc1CN(C)C1CCOC1C. The Morgan fingerprint density at radius 2 is 2.25 bits per heavy atom. The molecule has 20 heavy (non-hydrogen) atoms. The molecule has 1 saturated heterocycles. The van der Waals surface area contributed by atoms with E-state index in [-0.39, 0.29) is 6.04 Å². The largest absolute Gasteiger partial charge is 0.496 e. The predicted octanol–water partition coefficient (Wildman–Crippen LogP) is 2.32. The average molecular weight is 278 g/mol. The minimum absolute atomic E-state index is 0.0405. The number of hydrogen-bond acceptors (Lipinski definition) is 4. The second-order valence-electron chi connectivity index (χ2n) is 5.71. The number of likely N-dealkylation sites (N-methyl/N-ethyl adjacent to an activating group) is 1. The van der Waals surface area contributed by atoms with Crippen molar-refractivity contribution < 1.29 is 9.47 Å². The van der Waals surface area contributed by atoms with Crippen LogP contribution in [0.2, 0.25) is 0 Å². The van der Waals surface area contributed by atoms with Crippen molar-refractivity contribution in [3.63, 3.8) is 0 Å². The molecular weight excluding hydrogens is 252 g/mol. The molecule has 0 amide bonds. The lowest BCUT2D eigenvalue weighted by Gasteiger charge is -2.27. The Bertz CT molecular complexity index is 448. The fraction of sp³-hybridized carbons (Fsp3) is 0.625. The van der Waals surface area contributed by atoms with Crippen LogP contribution in [0.4, 0.5) is 0 Å². The Hall–Kier alpha value is -1.10. The fourth-order valence-electron chi connectivity index (χ4n) is 2.89. The summed E-state index contributed by atoms with van der Waals surface area (Å²) in [5.41, 5.74) is 8.30. The number of rotatable bonds is 5. The molecule has 1 aromatic rings. The van der Waals surface area contributed by atoms with Crippen LogP contribution in [0.3, 0.4) is 0 Å². The lowest BCUT2D eigenvalue weighted by atomic mass is 10.0. The van der Waals surface area contributed by atoms with Gasteiger partial charge in [-0.3, -0.25) is 4.90 Å². The Balaban J connectivity index is 2.16. The number of nitrogens with zero attached hydrogens (tertiary/aromatic N) is 1. The van der Waals surface area contributed by atoms with Crippen molar-refractivity contribution in [2.75, 3.05) is 20.8 Å². The van der Waals surface area contributed by atoms with Gasteiger partial charge in [0.25, 0.3) is 0 Å². The zero-order chi connectivity index (χ0) is 14.7. The van der Waals surface area contributed by atoms with Crippen molar-refractivity contribution in [2.24, 2.45) is 5.73 Å². The second-order valence-corrected chi connectivity index (χ2v) is 5.71. The van der Waals surface area contributed by atoms with Gasteiger partial charge >= 0.3 is 0 Å². The Kier molecular flexibility index (Phi) is 5.02. The monoisotopic (exact) mass is 278 g/mol. The standard InChI is InChI=1S/C16H26N2O2/c1-11(17)13-5-6-16(19-4)14(9-13)10-18(3)15-7-8-20-12(15)2/h5-6,9,11-12,15H,7-8,10,17H2,1-4H3. The summed E-state index contributed by atoms with van der Waals surface area (Å²) in [6.07, 6.45) is 1.38. The molecule has 0 aliphatic carbocycles. The molecule has 1 aliphatic heterocycles. The van der Waals surface area contributed by atoms with E-state index in [0.29, 0.717) is 12.1 Å². The van der Waals surface area contributed by atoms with Crippen LogP contribution in [0.1, 0.15) is 37.4 Å². The van der Waals surface area contributed by atoms with E-state index in [4.69, 9.17) is 15.2 Å². The van der Waals surface area contributed by atoms with Crippen LogP contribution >= 0.6 is 0 Å². The summed E-state index contributed by atoms with van der Waals surface area (Å²) in [5.74, 6) is 0.924. The van der Waals surface area contributed by atoms with Crippen LogP contribution in [0.25, 0.3) is 0 Å². The van der Waals surface area contributed by atoms with Crippen molar-refractivity contribution in [2.45, 2.75) is 45.0 Å². The van der Waals surface area contributed by atoms with Crippen LogP contribution in [0.15, 0.2) is 18.2 Å². The van der Waals surface area contributed by atoms with Crippen molar-refractivity contribution in [1.29, 1.82) is 0 Å². The predicted molar refractivity (Wildman–Crippen MR) is 80.9 cm³/mol. The highest BCUT2D eigenvalue weighted by atomic mass is 16.5. The molecule has 0 aromatic heterocycles. The zero-order valence-electron chi connectivity index (χ0n) is 12.9. The summed E-state index contributed by atoms with van der Waals surface area (Å²) in [6, 6.07) is 6.71. The molecule has 2 rings (SSSR count). The fourth-order valence-corrected chi connectivity index (χ4v) is 2.89. The molecule has 0 radical (unpaired) electrons. The van der Waals surface area contributed by atoms with Crippen LogP contribution in [-0.2, 0) is 11.3 Å². The highest BCUT2D eigenvalue weighted by Crippen LogP contribution is 2.26. The lowest BCUT2D eigenvalue weighted by molar-refractivity contribution is 0.0811. The first kappa shape index (κ1) is 15.3. The maximum Gasteiger partial charge on any atom is 0.123 e. The number of methoxy groups -OCH3 is 1. The number of ether oxygens (including phenoxy) is 2. The third-order valence-corrected chi connectivity index (χ3v) is 4.15. The van der Waals surface area contributed by atoms with Gasteiger partial charge in [0.1, 0.15) is 5.75 Å². The third kappa shape index (κ3) is 3.32. The van der Waals surface area contributed by atoms with Gasteiger partial charge in [0.15, 0.2) is 0 Å². The van der Waals surface area contributed by atoms with Gasteiger partial charge in [-0.2, -0.15) is 0 Å². The smallest absolute Gasteiger partial charge is 0.123 e. The van der Waals surface area contributed by atoms with Crippen LogP contribution in [-0.4, -0.2) is 37.8 Å². The molecule has 0 spiro atoms. The average Bonchev–Trinajstić information content (AvgIpc) is 2.84. The van der Waals surface area contributed by atoms with Crippen molar-refractivity contribution >= 4 is 0 Å². The van der Waals surface area contributed by atoms with E-state index in [1.807, 2.05) is 19.1 Å². The lowest BCUT2D eigenvalue weighted by Crippen LogP contribution is -2.36. The van der Waals surface area contributed by atoms with Gasteiger partial charge in [0.2, 0.25) is 0 Å². The third-order valence-electron chi connectivity index (χ3n) is 4.15. The second kappa shape index (κ2) is 6.57. The Morgan fingerprint density at radius 1 is 1.50 bits per heavy atom. The molecular formula is C16H26N2O2. The number of benzene rings is 1. The Labute approximate surface area is 121 Å². The maximum absolute atomic E-state index is 5.97. The molecule has 3 atom stereocenters. The summed E-state index contributed by atoms with van der Waals surface area (Å²) >= 11 is 0. The van der Waals surface area contributed by atoms with Gasteiger partial charge < -0.3 is 15.2 Å². The van der Waals surface area contributed by atoms with Gasteiger partial charge in [0.05, 0.1) is 13.2 Å². The first-order valence-electron chi connectivity index (χ1n) is 7.27. The van der Waals surface area contributed by atoms with Crippen molar-refractivity contribution in [3.8, 4) is 5.75 Å². The van der Waals surface area contributed by atoms with Gasteiger partial charge in [-0.1, -0.05) is 6.07 Å². The Morgan fingerprint density at radius 3 is 2.80 bits per heavy atom. The molecule has 0 saturated carbocycles. The van der Waals surface area contributed by atoms with Gasteiger partial charge in [-0.05, 0) is 45.0 Å². The molecule has 4 heteroatoms. The topological polar surface area (TPSA) is 47.7 Å². The summed E-state index contributed by atoms with van der Waals surface area (Å²) in [7, 11) is 3.86. The van der Waals surface area contributed by atoms with Gasteiger partial charge in [-0.15, -0.1) is 0 Å². The van der Waals surface area contributed by atoms with E-state index in [2.05, 4.69) is 24.9 Å². The minimum atomic E-state index is 0.0405. The zero-order valence-corrected chi connectivity index (χ0v) is 12.9. The number of hydrogen-bond donors (Lipinski definition) is 1. The molecule has 0 bridgehead atoms. The maximum atomic E-state index is 5.97. The van der Waals surface area contributed by atoms with E-state index >= 15 is 0 Å². The molecule has 4 nitrogen and oxygen atoms in total. The molecule has 112 valence electrons. The summed E-state index contributed by atoms with van der Waals surface area (Å²) in [6.45, 7) is 5.85. The number of nitrogens with two attached hydrogens (primary N) is 1. The molecule has 1 aromatic carbocycles. The minimum Gasteiger partial charge on any atom is -0.496 e. The molecule has 1 fully saturated rings. The summed E-state index contributed by atoms with van der Waals surface area (Å²) in [4.78, 5) is 2.35. The first-order chi connectivity index (χ1) is 9.52. The molecule has 2 N–H and O–H groups in total. The quantitative estimate of drug-likeness (QED) is 0.898. The van der Waals surface area contributed by atoms with E-state index in [1.54, 1.807) is 7.11 Å². The molecule has 3 unspecified atom stereocenters. The van der Waals surface area contributed by atoms with Crippen molar-refractivity contribution in [3.05, 3.63) is 29.3 Å². The van der Waals surface area contributed by atoms with Crippen molar-refractivity contribution in [1.82, 2.24) is 4.90 Å². The van der Waals surface area contributed by atoms with E-state index in [9.17, 15) is 0 Å². The highest BCUT2D eigenvalue weighted by Gasteiger charge is 2.28.